The number of amides is 2. The van der Waals surface area contributed by atoms with E-state index in [-0.39, 0.29) is 17.5 Å². The van der Waals surface area contributed by atoms with Gasteiger partial charge in [0.25, 0.3) is 0 Å². The lowest BCUT2D eigenvalue weighted by molar-refractivity contribution is 0.249. The fourth-order valence-corrected chi connectivity index (χ4v) is 3.69. The van der Waals surface area contributed by atoms with Crippen molar-refractivity contribution in [2.24, 2.45) is 0 Å². The molecule has 1 fully saturated rings. The van der Waals surface area contributed by atoms with Crippen molar-refractivity contribution in [2.45, 2.75) is 13.0 Å². The first-order valence-electron chi connectivity index (χ1n) is 10.4. The van der Waals surface area contributed by atoms with Gasteiger partial charge in [0.2, 0.25) is 0 Å². The van der Waals surface area contributed by atoms with Gasteiger partial charge in [0, 0.05) is 55.9 Å². The lowest BCUT2D eigenvalue weighted by Gasteiger charge is -2.36. The Kier molecular flexibility index (Phi) is 6.31. The number of carbonyl (C=O) groups excluding carboxylic acids is 1. The van der Waals surface area contributed by atoms with Crippen LogP contribution in [-0.4, -0.2) is 58.9 Å². The van der Waals surface area contributed by atoms with Crippen LogP contribution in [0.5, 0.6) is 0 Å². The number of benzene rings is 1. The molecule has 0 aliphatic carbocycles. The van der Waals surface area contributed by atoms with Crippen LogP contribution in [0.1, 0.15) is 18.5 Å². The number of rotatable bonds is 5. The summed E-state index contributed by atoms with van der Waals surface area (Å²) >= 11 is 0. The van der Waals surface area contributed by atoms with E-state index >= 15 is 0 Å². The molecule has 1 aliphatic rings. The van der Waals surface area contributed by atoms with Crippen LogP contribution >= 0.6 is 0 Å². The second-order valence-electron chi connectivity index (χ2n) is 7.77. The molecule has 3 aromatic rings. The van der Waals surface area contributed by atoms with E-state index in [1.807, 2.05) is 0 Å². The summed E-state index contributed by atoms with van der Waals surface area (Å²) in [5, 5.41) is 9.60. The highest BCUT2D eigenvalue weighted by Gasteiger charge is 2.21. The average molecular weight is 441 g/mol. The number of urea groups is 1. The minimum Gasteiger partial charge on any atom is -0.369 e. The minimum atomic E-state index is -0.525. The molecule has 2 N–H and O–H groups in total. The minimum absolute atomic E-state index is 0.0332. The van der Waals surface area contributed by atoms with Crippen LogP contribution in [0.4, 0.5) is 25.1 Å². The Morgan fingerprint density at radius 2 is 1.91 bits per heavy atom. The van der Waals surface area contributed by atoms with Gasteiger partial charge in [-0.05, 0) is 44.3 Å². The molecule has 0 spiro atoms. The number of aromatic nitrogens is 3. The molecular weight excluding hydrogens is 416 g/mol. The molecule has 168 valence electrons. The van der Waals surface area contributed by atoms with Gasteiger partial charge in [0.1, 0.15) is 5.82 Å². The highest BCUT2D eigenvalue weighted by Crippen LogP contribution is 2.28. The summed E-state index contributed by atoms with van der Waals surface area (Å²) in [4.78, 5) is 20.9. The molecule has 32 heavy (non-hydrogen) atoms. The molecule has 1 unspecified atom stereocenters. The molecule has 1 saturated heterocycles. The van der Waals surface area contributed by atoms with Crippen LogP contribution in [0.15, 0.2) is 48.8 Å². The SMILES string of the molecule is CC(NC(=O)Nc1ccn(-c2ncccc2F)n1)c1cc(F)ccc1N1CCN(C)CC1. The van der Waals surface area contributed by atoms with Crippen molar-refractivity contribution in [3.8, 4) is 5.82 Å². The lowest BCUT2D eigenvalue weighted by Crippen LogP contribution is -2.45. The maximum atomic E-state index is 14.0. The zero-order chi connectivity index (χ0) is 22.7. The van der Waals surface area contributed by atoms with Crippen molar-refractivity contribution in [3.05, 3.63) is 66.0 Å². The number of nitrogens with zero attached hydrogens (tertiary/aromatic N) is 5. The topological polar surface area (TPSA) is 78.3 Å². The number of halogens is 2. The fraction of sp³-hybridized carbons (Fsp3) is 0.318. The van der Waals surface area contributed by atoms with E-state index in [0.29, 0.717) is 5.56 Å². The molecule has 3 heterocycles. The van der Waals surface area contributed by atoms with Gasteiger partial charge in [0.15, 0.2) is 17.5 Å². The molecule has 0 saturated carbocycles. The first-order chi connectivity index (χ1) is 15.4. The number of piperazine rings is 1. The van der Waals surface area contributed by atoms with Crippen LogP contribution in [-0.2, 0) is 0 Å². The summed E-state index contributed by atoms with van der Waals surface area (Å²) in [7, 11) is 2.07. The van der Waals surface area contributed by atoms with Crippen molar-refractivity contribution < 1.29 is 13.6 Å². The van der Waals surface area contributed by atoms with Gasteiger partial charge in [-0.3, -0.25) is 5.32 Å². The van der Waals surface area contributed by atoms with Crippen LogP contribution in [0, 0.1) is 11.6 Å². The number of anilines is 2. The van der Waals surface area contributed by atoms with Gasteiger partial charge < -0.3 is 15.1 Å². The summed E-state index contributed by atoms with van der Waals surface area (Å²) in [5.41, 5.74) is 1.60. The molecule has 2 aromatic heterocycles. The molecule has 8 nitrogen and oxygen atoms in total. The Bertz CT molecular complexity index is 1100. The monoisotopic (exact) mass is 441 g/mol. The van der Waals surface area contributed by atoms with Crippen LogP contribution in [0.25, 0.3) is 5.82 Å². The van der Waals surface area contributed by atoms with Gasteiger partial charge in [-0.15, -0.1) is 5.10 Å². The number of hydrogen-bond acceptors (Lipinski definition) is 5. The predicted octanol–water partition coefficient (Wildman–Crippen LogP) is 3.18. The summed E-state index contributed by atoms with van der Waals surface area (Å²) in [6, 6.07) is 8.01. The van der Waals surface area contributed by atoms with Gasteiger partial charge in [-0.2, -0.15) is 0 Å². The van der Waals surface area contributed by atoms with Gasteiger partial charge in [0.05, 0.1) is 6.04 Å². The highest BCUT2D eigenvalue weighted by molar-refractivity contribution is 5.88. The Labute approximate surface area is 184 Å². The van der Waals surface area contributed by atoms with Crippen molar-refractivity contribution in [2.75, 3.05) is 43.4 Å². The Morgan fingerprint density at radius 1 is 1.12 bits per heavy atom. The van der Waals surface area contributed by atoms with Gasteiger partial charge in [-0.1, -0.05) is 0 Å². The lowest BCUT2D eigenvalue weighted by atomic mass is 10.0. The van der Waals surface area contributed by atoms with E-state index in [1.165, 1.54) is 47.4 Å². The van der Waals surface area contributed by atoms with Crippen LogP contribution in [0.2, 0.25) is 0 Å². The third-order valence-corrected chi connectivity index (χ3v) is 5.43. The van der Waals surface area contributed by atoms with E-state index in [9.17, 15) is 13.6 Å². The zero-order valence-corrected chi connectivity index (χ0v) is 17.9. The molecule has 0 radical (unpaired) electrons. The molecule has 10 heteroatoms. The van der Waals surface area contributed by atoms with Gasteiger partial charge >= 0.3 is 6.03 Å². The standard InChI is InChI=1S/C22H25F2N7O/c1-15(17-14-16(23)5-6-19(17)30-12-10-29(2)11-13-30)26-22(32)27-20-7-9-31(28-20)21-18(24)4-3-8-25-21/h3-9,14-15H,10-13H2,1-2H3,(H2,26,27,28,32). The second kappa shape index (κ2) is 9.31. The van der Waals surface area contributed by atoms with Crippen molar-refractivity contribution in [1.29, 1.82) is 0 Å². The first-order valence-corrected chi connectivity index (χ1v) is 10.4. The van der Waals surface area contributed by atoms with E-state index in [1.54, 1.807) is 13.0 Å². The normalized spacial score (nSPS) is 15.4. The van der Waals surface area contributed by atoms with E-state index in [4.69, 9.17) is 0 Å². The first kappa shape index (κ1) is 21.7. The van der Waals surface area contributed by atoms with Crippen LogP contribution in [0.3, 0.4) is 0 Å². The summed E-state index contributed by atoms with van der Waals surface area (Å²) in [6.45, 7) is 5.29. The summed E-state index contributed by atoms with van der Waals surface area (Å²) in [5.74, 6) is -0.616. The largest absolute Gasteiger partial charge is 0.369 e. The maximum Gasteiger partial charge on any atom is 0.320 e. The quantitative estimate of drug-likeness (QED) is 0.636. The fourth-order valence-electron chi connectivity index (χ4n) is 3.69. The number of likely N-dealkylation sites (N-methyl/N-ethyl adjacent to an activating group) is 1. The molecule has 0 bridgehead atoms. The van der Waals surface area contributed by atoms with Crippen molar-refractivity contribution >= 4 is 17.5 Å². The van der Waals surface area contributed by atoms with E-state index in [0.717, 1.165) is 31.9 Å². The Morgan fingerprint density at radius 3 is 2.66 bits per heavy atom. The average Bonchev–Trinajstić information content (AvgIpc) is 3.22. The van der Waals surface area contributed by atoms with Gasteiger partial charge in [-0.25, -0.2) is 23.2 Å². The van der Waals surface area contributed by atoms with E-state index < -0.39 is 17.9 Å². The number of pyridine rings is 1. The smallest absolute Gasteiger partial charge is 0.320 e. The predicted molar refractivity (Wildman–Crippen MR) is 118 cm³/mol. The third kappa shape index (κ3) is 4.86. The molecule has 1 atom stereocenters. The van der Waals surface area contributed by atoms with E-state index in [2.05, 4.69) is 37.6 Å². The highest BCUT2D eigenvalue weighted by atomic mass is 19.1. The zero-order valence-electron chi connectivity index (χ0n) is 17.9. The molecule has 2 amide bonds. The van der Waals surface area contributed by atoms with Crippen LogP contribution < -0.4 is 15.5 Å². The second-order valence-corrected chi connectivity index (χ2v) is 7.77. The number of carbonyl (C=O) groups is 1. The molecule has 1 aromatic carbocycles. The number of nitrogens with one attached hydrogen (secondary N) is 2. The Hall–Kier alpha value is -3.53. The summed E-state index contributed by atoms with van der Waals surface area (Å²) < 4.78 is 29.1. The molecular formula is C22H25F2N7O. The Balaban J connectivity index is 1.44. The third-order valence-electron chi connectivity index (χ3n) is 5.43. The molecule has 1 aliphatic heterocycles. The molecule has 4 rings (SSSR count). The summed E-state index contributed by atoms with van der Waals surface area (Å²) in [6.07, 6.45) is 2.96. The van der Waals surface area contributed by atoms with Crippen molar-refractivity contribution in [3.63, 3.8) is 0 Å². The van der Waals surface area contributed by atoms with Crippen molar-refractivity contribution in [1.82, 2.24) is 25.0 Å². The maximum absolute atomic E-state index is 14.0. The number of hydrogen-bond donors (Lipinski definition) is 2.